The summed E-state index contributed by atoms with van der Waals surface area (Å²) in [6, 6.07) is 6.27. The normalized spacial score (nSPS) is 12.4. The summed E-state index contributed by atoms with van der Waals surface area (Å²) in [6.45, 7) is 4.11. The third kappa shape index (κ3) is 2.11. The van der Waals surface area contributed by atoms with Crippen molar-refractivity contribution in [1.82, 2.24) is 14.9 Å². The number of aromatic nitrogens is 2. The van der Waals surface area contributed by atoms with Crippen LogP contribution in [0.25, 0.3) is 5.69 Å². The molecule has 1 aromatic heterocycles. The maximum absolute atomic E-state index is 5.47. The van der Waals surface area contributed by atoms with Crippen molar-refractivity contribution in [2.45, 2.75) is 19.9 Å². The first-order chi connectivity index (χ1) is 8.69. The smallest absolute Gasteiger partial charge is 0.125 e. The summed E-state index contributed by atoms with van der Waals surface area (Å²) in [7, 11) is 3.65. The molecule has 4 heteroatoms. The summed E-state index contributed by atoms with van der Waals surface area (Å²) < 4.78 is 7.55. The van der Waals surface area contributed by atoms with E-state index in [2.05, 4.69) is 27.9 Å². The summed E-state index contributed by atoms with van der Waals surface area (Å²) in [6.07, 6.45) is 3.78. The van der Waals surface area contributed by atoms with Crippen molar-refractivity contribution in [1.29, 1.82) is 0 Å². The fraction of sp³-hybridized carbons (Fsp3) is 0.357. The molecular weight excluding hydrogens is 226 g/mol. The van der Waals surface area contributed by atoms with E-state index in [0.29, 0.717) is 0 Å². The van der Waals surface area contributed by atoms with Crippen LogP contribution < -0.4 is 10.1 Å². The van der Waals surface area contributed by atoms with Crippen molar-refractivity contribution in [2.24, 2.45) is 0 Å². The summed E-state index contributed by atoms with van der Waals surface area (Å²) >= 11 is 0. The fourth-order valence-electron chi connectivity index (χ4n) is 2.13. The second-order valence-corrected chi connectivity index (χ2v) is 4.25. The van der Waals surface area contributed by atoms with Crippen molar-refractivity contribution in [2.75, 3.05) is 14.2 Å². The SMILES string of the molecule is CNC(C)c1c(OC)cccc1-n1ccnc1C. The highest BCUT2D eigenvalue weighted by Crippen LogP contribution is 2.31. The van der Waals surface area contributed by atoms with Gasteiger partial charge >= 0.3 is 0 Å². The molecule has 0 spiro atoms. The average Bonchev–Trinajstić information content (AvgIpc) is 2.83. The molecule has 0 radical (unpaired) electrons. The molecule has 0 fully saturated rings. The maximum atomic E-state index is 5.47. The molecule has 2 rings (SSSR count). The standard InChI is InChI=1S/C14H19N3O/c1-10(15-3)14-12(6-5-7-13(14)18-4)17-9-8-16-11(17)2/h5-10,15H,1-4H3. The molecule has 96 valence electrons. The van der Waals surface area contributed by atoms with Crippen LogP contribution in [0.4, 0.5) is 0 Å². The zero-order chi connectivity index (χ0) is 13.1. The lowest BCUT2D eigenvalue weighted by Gasteiger charge is -2.20. The van der Waals surface area contributed by atoms with E-state index in [1.165, 1.54) is 0 Å². The Labute approximate surface area is 108 Å². The number of hydrogen-bond acceptors (Lipinski definition) is 3. The molecule has 0 bridgehead atoms. The van der Waals surface area contributed by atoms with Gasteiger partial charge in [-0.25, -0.2) is 4.98 Å². The van der Waals surface area contributed by atoms with Crippen LogP contribution >= 0.6 is 0 Å². The van der Waals surface area contributed by atoms with E-state index in [1.54, 1.807) is 7.11 Å². The zero-order valence-corrected chi connectivity index (χ0v) is 11.3. The van der Waals surface area contributed by atoms with Crippen LogP contribution in [0.1, 0.15) is 24.4 Å². The number of methoxy groups -OCH3 is 1. The highest BCUT2D eigenvalue weighted by Gasteiger charge is 2.16. The molecule has 4 nitrogen and oxygen atoms in total. The molecule has 1 N–H and O–H groups in total. The van der Waals surface area contributed by atoms with Gasteiger partial charge in [0.2, 0.25) is 0 Å². The molecule has 0 aliphatic carbocycles. The minimum absolute atomic E-state index is 0.206. The number of rotatable bonds is 4. The predicted molar refractivity (Wildman–Crippen MR) is 72.3 cm³/mol. The summed E-state index contributed by atoms with van der Waals surface area (Å²) in [4.78, 5) is 4.28. The van der Waals surface area contributed by atoms with Gasteiger partial charge in [-0.3, -0.25) is 0 Å². The second kappa shape index (κ2) is 5.23. The Morgan fingerprint density at radius 1 is 1.39 bits per heavy atom. The van der Waals surface area contributed by atoms with Crippen LogP contribution in [-0.4, -0.2) is 23.7 Å². The van der Waals surface area contributed by atoms with Crippen molar-refractivity contribution < 1.29 is 4.74 Å². The summed E-state index contributed by atoms with van der Waals surface area (Å²) in [5.74, 6) is 1.86. The van der Waals surface area contributed by atoms with E-state index in [0.717, 1.165) is 22.8 Å². The van der Waals surface area contributed by atoms with Gasteiger partial charge in [-0.1, -0.05) is 6.07 Å². The number of imidazole rings is 1. The zero-order valence-electron chi connectivity index (χ0n) is 11.3. The minimum atomic E-state index is 0.206. The molecule has 1 unspecified atom stereocenters. The first-order valence-corrected chi connectivity index (χ1v) is 6.03. The van der Waals surface area contributed by atoms with Crippen LogP contribution in [0.3, 0.4) is 0 Å². The van der Waals surface area contributed by atoms with E-state index >= 15 is 0 Å². The third-order valence-electron chi connectivity index (χ3n) is 3.21. The van der Waals surface area contributed by atoms with Gasteiger partial charge in [0.25, 0.3) is 0 Å². The molecule has 0 aliphatic heterocycles. The summed E-state index contributed by atoms with van der Waals surface area (Å²) in [5, 5.41) is 3.26. The van der Waals surface area contributed by atoms with Gasteiger partial charge in [-0.2, -0.15) is 0 Å². The maximum Gasteiger partial charge on any atom is 0.125 e. The third-order valence-corrected chi connectivity index (χ3v) is 3.21. The highest BCUT2D eigenvalue weighted by atomic mass is 16.5. The summed E-state index contributed by atoms with van der Waals surface area (Å²) in [5.41, 5.74) is 2.25. The molecule has 0 amide bonds. The topological polar surface area (TPSA) is 39.1 Å². The molecular formula is C14H19N3O. The van der Waals surface area contributed by atoms with E-state index in [-0.39, 0.29) is 6.04 Å². The Balaban J connectivity index is 2.63. The number of ether oxygens (including phenoxy) is 1. The highest BCUT2D eigenvalue weighted by molar-refractivity contribution is 5.52. The Morgan fingerprint density at radius 3 is 2.72 bits per heavy atom. The molecule has 0 saturated heterocycles. The number of aryl methyl sites for hydroxylation is 1. The number of benzene rings is 1. The van der Waals surface area contributed by atoms with Crippen molar-refractivity contribution in [3.8, 4) is 11.4 Å². The Hall–Kier alpha value is -1.81. The van der Waals surface area contributed by atoms with Gasteiger partial charge in [0.05, 0.1) is 12.8 Å². The van der Waals surface area contributed by atoms with Gasteiger partial charge < -0.3 is 14.6 Å². The van der Waals surface area contributed by atoms with E-state index < -0.39 is 0 Å². The van der Waals surface area contributed by atoms with Gasteiger partial charge in [0, 0.05) is 24.0 Å². The molecule has 1 heterocycles. The van der Waals surface area contributed by atoms with Crippen LogP contribution in [0.2, 0.25) is 0 Å². The van der Waals surface area contributed by atoms with Crippen LogP contribution in [0, 0.1) is 6.92 Å². The predicted octanol–water partition coefficient (Wildman–Crippen LogP) is 2.47. The van der Waals surface area contributed by atoms with E-state index in [4.69, 9.17) is 4.74 Å². The first kappa shape index (κ1) is 12.6. The number of nitrogens with zero attached hydrogens (tertiary/aromatic N) is 2. The Kier molecular flexibility index (Phi) is 3.67. The molecule has 0 aliphatic rings. The monoisotopic (exact) mass is 245 g/mol. The minimum Gasteiger partial charge on any atom is -0.496 e. The molecule has 0 saturated carbocycles. The largest absolute Gasteiger partial charge is 0.496 e. The second-order valence-electron chi connectivity index (χ2n) is 4.25. The Morgan fingerprint density at radius 2 is 2.17 bits per heavy atom. The lowest BCUT2D eigenvalue weighted by atomic mass is 10.0. The van der Waals surface area contributed by atoms with Gasteiger partial charge in [-0.05, 0) is 33.0 Å². The molecule has 1 atom stereocenters. The molecule has 18 heavy (non-hydrogen) atoms. The average molecular weight is 245 g/mol. The van der Waals surface area contributed by atoms with Gasteiger partial charge in [0.1, 0.15) is 11.6 Å². The molecule has 1 aromatic carbocycles. The van der Waals surface area contributed by atoms with Crippen LogP contribution in [-0.2, 0) is 0 Å². The van der Waals surface area contributed by atoms with Gasteiger partial charge in [-0.15, -0.1) is 0 Å². The fourth-order valence-corrected chi connectivity index (χ4v) is 2.13. The number of nitrogens with one attached hydrogen (secondary N) is 1. The quantitative estimate of drug-likeness (QED) is 0.899. The lowest BCUT2D eigenvalue weighted by molar-refractivity contribution is 0.403. The van der Waals surface area contributed by atoms with Crippen molar-refractivity contribution >= 4 is 0 Å². The van der Waals surface area contributed by atoms with Crippen LogP contribution in [0.15, 0.2) is 30.6 Å². The Bertz CT molecular complexity index is 534. The molecule has 2 aromatic rings. The van der Waals surface area contributed by atoms with E-state index in [9.17, 15) is 0 Å². The first-order valence-electron chi connectivity index (χ1n) is 6.03. The van der Waals surface area contributed by atoms with Crippen molar-refractivity contribution in [3.63, 3.8) is 0 Å². The van der Waals surface area contributed by atoms with Crippen LogP contribution in [0.5, 0.6) is 5.75 Å². The van der Waals surface area contributed by atoms with Crippen molar-refractivity contribution in [3.05, 3.63) is 42.0 Å². The number of hydrogen-bond donors (Lipinski definition) is 1. The van der Waals surface area contributed by atoms with E-state index in [1.807, 2.05) is 38.5 Å². The van der Waals surface area contributed by atoms with Gasteiger partial charge in [0.15, 0.2) is 0 Å². The lowest BCUT2D eigenvalue weighted by Crippen LogP contribution is -2.16.